The predicted molar refractivity (Wildman–Crippen MR) is 79.8 cm³/mol. The van der Waals surface area contributed by atoms with E-state index in [1.54, 1.807) is 6.07 Å². The predicted octanol–water partition coefficient (Wildman–Crippen LogP) is 2.93. The Hall–Kier alpha value is -1.76. The summed E-state index contributed by atoms with van der Waals surface area (Å²) in [4.78, 5) is 11.7. The fraction of sp³-hybridized carbons (Fsp3) is 0.562. The molecule has 3 N–H and O–H groups in total. The lowest BCUT2D eigenvalue weighted by molar-refractivity contribution is -0.263. The molecule has 23 heavy (non-hydrogen) atoms. The number of urea groups is 1. The van der Waals surface area contributed by atoms with Crippen molar-refractivity contribution in [3.05, 3.63) is 35.9 Å². The van der Waals surface area contributed by atoms with Crippen LogP contribution in [0.2, 0.25) is 0 Å². The molecule has 0 heterocycles. The van der Waals surface area contributed by atoms with Gasteiger partial charge in [-0.1, -0.05) is 43.2 Å². The van der Waals surface area contributed by atoms with Gasteiger partial charge in [-0.15, -0.1) is 0 Å². The lowest BCUT2D eigenvalue weighted by Crippen LogP contribution is -2.52. The van der Waals surface area contributed by atoms with Gasteiger partial charge >= 0.3 is 12.2 Å². The SMILES string of the molecule is O=C(NCC1CCCC1)NC[C@@](O)(c1ccccc1)C(F)(F)F. The summed E-state index contributed by atoms with van der Waals surface area (Å²) in [5, 5.41) is 14.8. The molecule has 1 aliphatic rings. The van der Waals surface area contributed by atoms with Gasteiger partial charge in [0.15, 0.2) is 0 Å². The van der Waals surface area contributed by atoms with Gasteiger partial charge < -0.3 is 15.7 Å². The normalized spacial score (nSPS) is 18.4. The number of amides is 2. The first-order valence-corrected chi connectivity index (χ1v) is 7.69. The molecule has 1 aliphatic carbocycles. The highest BCUT2D eigenvalue weighted by Gasteiger charge is 2.55. The quantitative estimate of drug-likeness (QED) is 0.777. The summed E-state index contributed by atoms with van der Waals surface area (Å²) in [5.74, 6) is 0.386. The average Bonchev–Trinajstić information content (AvgIpc) is 3.03. The molecule has 1 aromatic rings. The topological polar surface area (TPSA) is 61.4 Å². The molecule has 0 aliphatic heterocycles. The number of carbonyl (C=O) groups is 1. The van der Waals surface area contributed by atoms with E-state index in [0.717, 1.165) is 25.7 Å². The second-order valence-electron chi connectivity index (χ2n) is 5.94. The standard InChI is InChI=1S/C16H21F3N2O2/c17-16(18,19)15(23,13-8-2-1-3-9-13)11-21-14(22)20-10-12-6-4-5-7-12/h1-3,8-9,12,23H,4-7,10-11H2,(H2,20,21,22)/t15-/m1/s1. The maximum Gasteiger partial charge on any atom is 0.423 e. The van der Waals surface area contributed by atoms with Crippen LogP contribution in [0.25, 0.3) is 0 Å². The van der Waals surface area contributed by atoms with Crippen LogP contribution in [-0.4, -0.2) is 30.4 Å². The smallest absolute Gasteiger partial charge is 0.375 e. The average molecular weight is 330 g/mol. The van der Waals surface area contributed by atoms with Gasteiger partial charge in [0.05, 0.1) is 6.54 Å². The highest BCUT2D eigenvalue weighted by atomic mass is 19.4. The molecule has 128 valence electrons. The number of rotatable bonds is 5. The molecule has 0 saturated heterocycles. The van der Waals surface area contributed by atoms with Crippen molar-refractivity contribution in [2.24, 2.45) is 5.92 Å². The van der Waals surface area contributed by atoms with Crippen LogP contribution >= 0.6 is 0 Å². The summed E-state index contributed by atoms with van der Waals surface area (Å²) in [6, 6.07) is 6.05. The zero-order valence-corrected chi connectivity index (χ0v) is 12.7. The molecule has 0 bridgehead atoms. The van der Waals surface area contributed by atoms with Crippen LogP contribution in [0.4, 0.5) is 18.0 Å². The van der Waals surface area contributed by atoms with Gasteiger partial charge in [0.25, 0.3) is 0 Å². The van der Waals surface area contributed by atoms with E-state index in [4.69, 9.17) is 0 Å². The number of alkyl halides is 3. The maximum atomic E-state index is 13.3. The Kier molecular flexibility index (Phi) is 5.51. The molecule has 7 heteroatoms. The number of aliphatic hydroxyl groups is 1. The summed E-state index contributed by atoms with van der Waals surface area (Å²) in [5.41, 5.74) is -3.41. The monoisotopic (exact) mass is 330 g/mol. The largest absolute Gasteiger partial charge is 0.423 e. The fourth-order valence-corrected chi connectivity index (χ4v) is 2.80. The van der Waals surface area contributed by atoms with Gasteiger partial charge in [-0.2, -0.15) is 13.2 Å². The minimum absolute atomic E-state index is 0.302. The van der Waals surface area contributed by atoms with Crippen LogP contribution < -0.4 is 10.6 Å². The summed E-state index contributed by atoms with van der Waals surface area (Å²) in [6.45, 7) is -0.487. The van der Waals surface area contributed by atoms with Crippen LogP contribution in [0.3, 0.4) is 0 Å². The van der Waals surface area contributed by atoms with Crippen LogP contribution in [0.1, 0.15) is 31.2 Å². The van der Waals surface area contributed by atoms with Crippen molar-refractivity contribution in [3.8, 4) is 0 Å². The molecule has 1 fully saturated rings. The van der Waals surface area contributed by atoms with Gasteiger partial charge in [0, 0.05) is 6.54 Å². The van der Waals surface area contributed by atoms with Gasteiger partial charge in [-0.05, 0) is 24.3 Å². The minimum Gasteiger partial charge on any atom is -0.375 e. The van der Waals surface area contributed by atoms with E-state index in [1.807, 2.05) is 0 Å². The van der Waals surface area contributed by atoms with Gasteiger partial charge in [-0.25, -0.2) is 4.79 Å². The molecular formula is C16H21F3N2O2. The summed E-state index contributed by atoms with van der Waals surface area (Å²) in [6.07, 6.45) is -0.605. The molecule has 1 atom stereocenters. The van der Waals surface area contributed by atoms with Crippen LogP contribution in [-0.2, 0) is 5.60 Å². The minimum atomic E-state index is -4.90. The molecular weight excluding hydrogens is 309 g/mol. The molecule has 0 unspecified atom stereocenters. The Balaban J connectivity index is 1.94. The highest BCUT2D eigenvalue weighted by Crippen LogP contribution is 2.38. The molecule has 0 spiro atoms. The van der Waals surface area contributed by atoms with Crippen LogP contribution in [0.15, 0.2) is 30.3 Å². The van der Waals surface area contributed by atoms with E-state index in [1.165, 1.54) is 24.3 Å². The van der Waals surface area contributed by atoms with Crippen LogP contribution in [0.5, 0.6) is 0 Å². The van der Waals surface area contributed by atoms with Crippen molar-refractivity contribution >= 4 is 6.03 Å². The van der Waals surface area contributed by atoms with E-state index in [0.29, 0.717) is 12.5 Å². The molecule has 2 amide bonds. The lowest BCUT2D eigenvalue weighted by atomic mass is 9.93. The number of benzene rings is 1. The second kappa shape index (κ2) is 7.21. The summed E-state index contributed by atoms with van der Waals surface area (Å²) >= 11 is 0. The zero-order valence-electron chi connectivity index (χ0n) is 12.7. The third-order valence-corrected chi connectivity index (χ3v) is 4.25. The number of hydrogen-bond acceptors (Lipinski definition) is 2. The van der Waals surface area contributed by atoms with E-state index in [9.17, 15) is 23.1 Å². The number of nitrogens with one attached hydrogen (secondary N) is 2. The van der Waals surface area contributed by atoms with E-state index in [-0.39, 0.29) is 5.56 Å². The van der Waals surface area contributed by atoms with Crippen molar-refractivity contribution in [3.63, 3.8) is 0 Å². The van der Waals surface area contributed by atoms with Crippen molar-refractivity contribution in [2.45, 2.75) is 37.5 Å². The first-order valence-electron chi connectivity index (χ1n) is 7.69. The summed E-state index contributed by atoms with van der Waals surface area (Å²) < 4.78 is 39.8. The van der Waals surface area contributed by atoms with E-state index >= 15 is 0 Å². The Morgan fingerprint density at radius 2 is 1.74 bits per heavy atom. The lowest BCUT2D eigenvalue weighted by Gasteiger charge is -2.31. The van der Waals surface area contributed by atoms with Crippen molar-refractivity contribution in [2.75, 3.05) is 13.1 Å². The summed E-state index contributed by atoms with van der Waals surface area (Å²) in [7, 11) is 0. The molecule has 4 nitrogen and oxygen atoms in total. The molecule has 1 aromatic carbocycles. The Morgan fingerprint density at radius 1 is 1.13 bits per heavy atom. The Bertz CT molecular complexity index is 516. The van der Waals surface area contributed by atoms with Crippen molar-refractivity contribution in [1.29, 1.82) is 0 Å². The van der Waals surface area contributed by atoms with E-state index in [2.05, 4.69) is 10.6 Å². The molecule has 0 radical (unpaired) electrons. The number of hydrogen-bond donors (Lipinski definition) is 3. The van der Waals surface area contributed by atoms with Crippen molar-refractivity contribution < 1.29 is 23.1 Å². The van der Waals surface area contributed by atoms with Gasteiger partial charge in [0.2, 0.25) is 5.60 Å². The molecule has 1 saturated carbocycles. The second-order valence-corrected chi connectivity index (χ2v) is 5.94. The Morgan fingerprint density at radius 3 is 2.30 bits per heavy atom. The maximum absolute atomic E-state index is 13.3. The first-order chi connectivity index (χ1) is 10.8. The third kappa shape index (κ3) is 4.37. The number of carbonyl (C=O) groups excluding carboxylic acids is 1. The van der Waals surface area contributed by atoms with Gasteiger partial charge in [0.1, 0.15) is 0 Å². The molecule has 2 rings (SSSR count). The fourth-order valence-electron chi connectivity index (χ4n) is 2.80. The first kappa shape index (κ1) is 17.6. The number of halogens is 3. The Labute approximate surface area is 133 Å². The van der Waals surface area contributed by atoms with Crippen LogP contribution in [0, 0.1) is 5.92 Å². The van der Waals surface area contributed by atoms with Crippen molar-refractivity contribution in [1.82, 2.24) is 10.6 Å². The van der Waals surface area contributed by atoms with Gasteiger partial charge in [-0.3, -0.25) is 0 Å². The zero-order chi connectivity index (χ0) is 16.9. The molecule has 0 aromatic heterocycles. The van der Waals surface area contributed by atoms with E-state index < -0.39 is 24.4 Å². The highest BCUT2D eigenvalue weighted by molar-refractivity contribution is 5.73. The third-order valence-electron chi connectivity index (χ3n) is 4.25.